The van der Waals surface area contributed by atoms with Gasteiger partial charge in [-0.2, -0.15) is 0 Å². The van der Waals surface area contributed by atoms with Gasteiger partial charge >= 0.3 is 0 Å². The maximum absolute atomic E-state index is 7.50. The van der Waals surface area contributed by atoms with E-state index in [0.717, 1.165) is 24.6 Å². The van der Waals surface area contributed by atoms with E-state index in [1.807, 2.05) is 18.2 Å². The molecule has 0 saturated carbocycles. The summed E-state index contributed by atoms with van der Waals surface area (Å²) in [4.78, 5) is 2.38. The van der Waals surface area contributed by atoms with Crippen LogP contribution < -0.4 is 5.73 Å². The number of nitrogens with one attached hydrogen (secondary N) is 1. The topological polar surface area (TPSA) is 53.1 Å². The van der Waals surface area contributed by atoms with E-state index in [1.165, 1.54) is 31.2 Å². The summed E-state index contributed by atoms with van der Waals surface area (Å²) < 4.78 is 0. The zero-order valence-corrected chi connectivity index (χ0v) is 13.2. The first-order valence-corrected chi connectivity index (χ1v) is 7.68. The molecule has 1 atom stereocenters. The quantitative estimate of drug-likeness (QED) is 0.534. The fourth-order valence-corrected chi connectivity index (χ4v) is 2.57. The molecule has 0 spiro atoms. The van der Waals surface area contributed by atoms with E-state index in [1.54, 1.807) is 0 Å². The highest BCUT2D eigenvalue weighted by Crippen LogP contribution is 2.15. The third-order valence-corrected chi connectivity index (χ3v) is 3.80. The first-order valence-electron chi connectivity index (χ1n) is 7.68. The normalized spacial score (nSPS) is 12.6. The summed E-state index contributed by atoms with van der Waals surface area (Å²) in [5, 5.41) is 7.50. The molecule has 0 fully saturated rings. The van der Waals surface area contributed by atoms with E-state index in [4.69, 9.17) is 11.1 Å². The van der Waals surface area contributed by atoms with Crippen molar-refractivity contribution < 1.29 is 0 Å². The lowest BCUT2D eigenvalue weighted by atomic mass is 9.98. The number of unbranched alkanes of at least 4 members (excludes halogenated alkanes) is 1. The molecular weight excluding hydrogens is 246 g/mol. The van der Waals surface area contributed by atoms with E-state index in [9.17, 15) is 0 Å². The minimum absolute atomic E-state index is 0.142. The summed E-state index contributed by atoms with van der Waals surface area (Å²) in [5.41, 5.74) is 7.58. The van der Waals surface area contributed by atoms with Crippen LogP contribution in [0.5, 0.6) is 0 Å². The number of nitrogens with two attached hydrogens (primary N) is 1. The van der Waals surface area contributed by atoms with Crippen LogP contribution in [0.4, 0.5) is 0 Å². The Morgan fingerprint density at radius 1 is 1.35 bits per heavy atom. The SMILES string of the molecule is CCCCC(CC)CN(C)Cc1cccc(C(=N)N)c1. The van der Waals surface area contributed by atoms with Crippen molar-refractivity contribution in [3.63, 3.8) is 0 Å². The van der Waals surface area contributed by atoms with Crippen LogP contribution >= 0.6 is 0 Å². The monoisotopic (exact) mass is 275 g/mol. The van der Waals surface area contributed by atoms with Gasteiger partial charge in [-0.3, -0.25) is 5.41 Å². The van der Waals surface area contributed by atoms with Gasteiger partial charge in [0, 0.05) is 18.7 Å². The fraction of sp³-hybridized carbons (Fsp3) is 0.588. The van der Waals surface area contributed by atoms with Crippen LogP contribution in [-0.2, 0) is 6.54 Å². The van der Waals surface area contributed by atoms with Crippen LogP contribution in [0.1, 0.15) is 50.7 Å². The zero-order valence-electron chi connectivity index (χ0n) is 13.2. The molecule has 3 N–H and O–H groups in total. The molecule has 112 valence electrons. The third kappa shape index (κ3) is 5.74. The Morgan fingerprint density at radius 2 is 2.10 bits per heavy atom. The summed E-state index contributed by atoms with van der Waals surface area (Å²) in [6, 6.07) is 8.00. The van der Waals surface area contributed by atoms with E-state index in [2.05, 4.69) is 31.9 Å². The van der Waals surface area contributed by atoms with Crippen molar-refractivity contribution in [2.45, 2.75) is 46.1 Å². The smallest absolute Gasteiger partial charge is 0.122 e. The highest BCUT2D eigenvalue weighted by molar-refractivity contribution is 5.95. The van der Waals surface area contributed by atoms with Gasteiger partial charge in [-0.1, -0.05) is 51.3 Å². The minimum Gasteiger partial charge on any atom is -0.384 e. The van der Waals surface area contributed by atoms with Crippen molar-refractivity contribution in [2.75, 3.05) is 13.6 Å². The molecule has 0 aliphatic rings. The lowest BCUT2D eigenvalue weighted by Gasteiger charge is -2.23. The van der Waals surface area contributed by atoms with Gasteiger partial charge in [0.25, 0.3) is 0 Å². The second-order valence-electron chi connectivity index (χ2n) is 5.73. The first kappa shape index (κ1) is 16.7. The Bertz CT molecular complexity index is 414. The maximum atomic E-state index is 7.50. The van der Waals surface area contributed by atoms with Crippen LogP contribution in [0, 0.1) is 11.3 Å². The number of amidine groups is 1. The predicted octanol–water partition coefficient (Wildman–Crippen LogP) is 3.62. The lowest BCUT2D eigenvalue weighted by Crippen LogP contribution is -2.25. The first-order chi connectivity index (χ1) is 9.56. The number of rotatable bonds is 9. The predicted molar refractivity (Wildman–Crippen MR) is 87.1 cm³/mol. The molecule has 0 radical (unpaired) electrons. The average molecular weight is 275 g/mol. The molecule has 3 heteroatoms. The van der Waals surface area contributed by atoms with Gasteiger partial charge in [0.2, 0.25) is 0 Å². The van der Waals surface area contributed by atoms with Crippen LogP contribution in [0.25, 0.3) is 0 Å². The standard InChI is InChI=1S/C17H29N3/c1-4-6-8-14(5-2)12-20(3)13-15-9-7-10-16(11-15)17(18)19/h7,9-11,14H,4-6,8,12-13H2,1-3H3,(H3,18,19). The van der Waals surface area contributed by atoms with Gasteiger partial charge < -0.3 is 10.6 Å². The second kappa shape index (κ2) is 8.75. The summed E-state index contributed by atoms with van der Waals surface area (Å²) in [5.74, 6) is 0.930. The van der Waals surface area contributed by atoms with Crippen molar-refractivity contribution in [1.82, 2.24) is 4.90 Å². The molecule has 20 heavy (non-hydrogen) atoms. The molecule has 0 aliphatic heterocycles. The molecular formula is C17H29N3. The number of benzene rings is 1. The van der Waals surface area contributed by atoms with Crippen LogP contribution in [0.15, 0.2) is 24.3 Å². The summed E-state index contributed by atoms with van der Waals surface area (Å²) in [6.45, 7) is 6.60. The van der Waals surface area contributed by atoms with E-state index >= 15 is 0 Å². The van der Waals surface area contributed by atoms with Gasteiger partial charge in [-0.05, 0) is 31.0 Å². The van der Waals surface area contributed by atoms with Crippen molar-refractivity contribution in [3.05, 3.63) is 35.4 Å². The largest absolute Gasteiger partial charge is 0.384 e. The fourth-order valence-electron chi connectivity index (χ4n) is 2.57. The number of nitrogen functional groups attached to an aromatic ring is 1. The van der Waals surface area contributed by atoms with Gasteiger partial charge in [0.15, 0.2) is 0 Å². The van der Waals surface area contributed by atoms with Gasteiger partial charge in [-0.15, -0.1) is 0 Å². The van der Waals surface area contributed by atoms with E-state index < -0.39 is 0 Å². The third-order valence-electron chi connectivity index (χ3n) is 3.80. The molecule has 3 nitrogen and oxygen atoms in total. The van der Waals surface area contributed by atoms with Crippen LogP contribution in [0.2, 0.25) is 0 Å². The van der Waals surface area contributed by atoms with Crippen molar-refractivity contribution in [2.24, 2.45) is 11.7 Å². The molecule has 0 aliphatic carbocycles. The highest BCUT2D eigenvalue weighted by atomic mass is 15.1. The molecule has 0 aromatic heterocycles. The molecule has 1 aromatic carbocycles. The average Bonchev–Trinajstić information content (AvgIpc) is 2.43. The zero-order chi connectivity index (χ0) is 15.0. The molecule has 0 amide bonds. The van der Waals surface area contributed by atoms with Gasteiger partial charge in [0.05, 0.1) is 0 Å². The molecule has 1 rings (SSSR count). The lowest BCUT2D eigenvalue weighted by molar-refractivity contribution is 0.253. The van der Waals surface area contributed by atoms with Crippen LogP contribution in [0.3, 0.4) is 0 Å². The number of hydrogen-bond donors (Lipinski definition) is 2. The Balaban J connectivity index is 2.54. The number of nitrogens with zero attached hydrogens (tertiary/aromatic N) is 1. The second-order valence-corrected chi connectivity index (χ2v) is 5.73. The van der Waals surface area contributed by atoms with Crippen molar-refractivity contribution >= 4 is 5.84 Å². The molecule has 0 heterocycles. The minimum atomic E-state index is 0.142. The molecule has 0 saturated heterocycles. The maximum Gasteiger partial charge on any atom is 0.122 e. The highest BCUT2D eigenvalue weighted by Gasteiger charge is 2.10. The van der Waals surface area contributed by atoms with Crippen molar-refractivity contribution in [1.29, 1.82) is 5.41 Å². The summed E-state index contributed by atoms with van der Waals surface area (Å²) in [7, 11) is 2.18. The Kier molecular flexibility index (Phi) is 7.31. The Morgan fingerprint density at radius 3 is 2.70 bits per heavy atom. The Hall–Kier alpha value is -1.35. The van der Waals surface area contributed by atoms with Gasteiger partial charge in [-0.25, -0.2) is 0 Å². The summed E-state index contributed by atoms with van der Waals surface area (Å²) in [6.07, 6.45) is 5.18. The van der Waals surface area contributed by atoms with E-state index in [0.29, 0.717) is 0 Å². The summed E-state index contributed by atoms with van der Waals surface area (Å²) >= 11 is 0. The molecule has 0 bridgehead atoms. The number of hydrogen-bond acceptors (Lipinski definition) is 2. The van der Waals surface area contributed by atoms with E-state index in [-0.39, 0.29) is 5.84 Å². The Labute approximate surface area is 123 Å². The van der Waals surface area contributed by atoms with Crippen LogP contribution in [-0.4, -0.2) is 24.3 Å². The molecule has 1 aromatic rings. The molecule has 1 unspecified atom stereocenters. The van der Waals surface area contributed by atoms with Gasteiger partial charge in [0.1, 0.15) is 5.84 Å². The van der Waals surface area contributed by atoms with Crippen molar-refractivity contribution in [3.8, 4) is 0 Å².